The number of para-hydroxylation sites is 1. The third kappa shape index (κ3) is 4.17. The zero-order valence-electron chi connectivity index (χ0n) is 15.8. The lowest BCUT2D eigenvalue weighted by Gasteiger charge is -2.26. The molecule has 0 bridgehead atoms. The summed E-state index contributed by atoms with van der Waals surface area (Å²) in [5.41, 5.74) is 3.41. The zero-order chi connectivity index (χ0) is 18.5. The molecule has 3 aromatic rings. The summed E-state index contributed by atoms with van der Waals surface area (Å²) >= 11 is 0. The molecule has 6 nitrogen and oxygen atoms in total. The molecule has 0 amide bonds. The number of piperidine rings is 1. The van der Waals surface area contributed by atoms with Gasteiger partial charge in [-0.25, -0.2) is 14.6 Å². The second-order valence-electron chi connectivity index (χ2n) is 7.05. The van der Waals surface area contributed by atoms with Crippen LogP contribution in [0.25, 0.3) is 5.69 Å². The normalized spacial score (nSPS) is 15.7. The van der Waals surface area contributed by atoms with Crippen molar-refractivity contribution >= 4 is 5.95 Å². The van der Waals surface area contributed by atoms with Gasteiger partial charge in [-0.05, 0) is 43.9 Å². The van der Waals surface area contributed by atoms with Crippen LogP contribution in [-0.4, -0.2) is 32.8 Å². The molecule has 140 valence electrons. The second-order valence-corrected chi connectivity index (χ2v) is 7.05. The van der Waals surface area contributed by atoms with Crippen LogP contribution in [0.5, 0.6) is 0 Å². The summed E-state index contributed by atoms with van der Waals surface area (Å²) in [7, 11) is 0. The number of hydrogen-bond acceptors (Lipinski definition) is 5. The van der Waals surface area contributed by atoms with E-state index in [4.69, 9.17) is 0 Å². The fraction of sp³-hybridized carbons (Fsp3) is 0.381. The molecule has 0 saturated carbocycles. The lowest BCUT2D eigenvalue weighted by molar-refractivity contribution is 0.561. The van der Waals surface area contributed by atoms with Crippen LogP contribution in [0.3, 0.4) is 0 Å². The third-order valence-corrected chi connectivity index (χ3v) is 5.10. The van der Waals surface area contributed by atoms with E-state index in [1.807, 2.05) is 35.4 Å². The molecule has 1 aliphatic rings. The maximum absolute atomic E-state index is 4.57. The van der Waals surface area contributed by atoms with Gasteiger partial charge in [0, 0.05) is 56.0 Å². The molecule has 2 aromatic heterocycles. The molecule has 1 aromatic carbocycles. The maximum Gasteiger partial charge on any atom is 0.225 e. The average Bonchev–Trinajstić information content (AvgIpc) is 3.28. The fourth-order valence-corrected chi connectivity index (χ4v) is 3.55. The fourth-order valence-electron chi connectivity index (χ4n) is 3.55. The van der Waals surface area contributed by atoms with E-state index in [2.05, 4.69) is 50.4 Å². The van der Waals surface area contributed by atoms with Gasteiger partial charge in [0.25, 0.3) is 0 Å². The summed E-state index contributed by atoms with van der Waals surface area (Å²) in [6.45, 7) is 5.04. The highest BCUT2D eigenvalue weighted by atomic mass is 15.3. The molecule has 4 rings (SSSR count). The van der Waals surface area contributed by atoms with E-state index in [1.54, 1.807) is 6.20 Å². The van der Waals surface area contributed by atoms with Crippen LogP contribution < -0.4 is 10.2 Å². The first kappa shape index (κ1) is 17.7. The molecule has 0 spiro atoms. The molecule has 1 aliphatic heterocycles. The first-order valence-electron chi connectivity index (χ1n) is 9.69. The molecular formula is C21H26N6. The van der Waals surface area contributed by atoms with E-state index < -0.39 is 0 Å². The minimum absolute atomic E-state index is 0.187. The standard InChI is InChI=1S/C21H26N6/c1-17(19-8-3-4-9-20(19)27-13-7-10-25-27)22-14-18-15-23-21(24-16-18)26-11-5-2-6-12-26/h3-4,7-10,13,15-17,22H,2,5-6,11-12,14H2,1H3. The molecule has 1 N–H and O–H groups in total. The van der Waals surface area contributed by atoms with Gasteiger partial charge in [0.1, 0.15) is 0 Å². The first-order chi connectivity index (χ1) is 13.3. The van der Waals surface area contributed by atoms with Crippen molar-refractivity contribution in [2.45, 2.75) is 38.8 Å². The number of aromatic nitrogens is 4. The van der Waals surface area contributed by atoms with Gasteiger partial charge in [-0.2, -0.15) is 5.10 Å². The Morgan fingerprint density at radius 3 is 2.56 bits per heavy atom. The van der Waals surface area contributed by atoms with Crippen molar-refractivity contribution in [2.24, 2.45) is 0 Å². The van der Waals surface area contributed by atoms with E-state index in [-0.39, 0.29) is 6.04 Å². The minimum atomic E-state index is 0.187. The van der Waals surface area contributed by atoms with Gasteiger partial charge in [-0.15, -0.1) is 0 Å². The SMILES string of the molecule is CC(NCc1cnc(N2CCCCC2)nc1)c1ccccc1-n1cccn1. The lowest BCUT2D eigenvalue weighted by atomic mass is 10.1. The number of nitrogens with one attached hydrogen (secondary N) is 1. The van der Waals surface area contributed by atoms with Crippen LogP contribution in [0, 0.1) is 0 Å². The first-order valence-corrected chi connectivity index (χ1v) is 9.69. The van der Waals surface area contributed by atoms with Crippen LogP contribution >= 0.6 is 0 Å². The van der Waals surface area contributed by atoms with E-state index >= 15 is 0 Å². The van der Waals surface area contributed by atoms with E-state index in [1.165, 1.54) is 24.8 Å². The van der Waals surface area contributed by atoms with Gasteiger partial charge in [0.2, 0.25) is 5.95 Å². The summed E-state index contributed by atoms with van der Waals surface area (Å²) in [6.07, 6.45) is 11.4. The molecular weight excluding hydrogens is 336 g/mol. The number of hydrogen-bond donors (Lipinski definition) is 1. The van der Waals surface area contributed by atoms with E-state index in [9.17, 15) is 0 Å². The predicted molar refractivity (Wildman–Crippen MR) is 107 cm³/mol. The van der Waals surface area contributed by atoms with Crippen LogP contribution in [0.2, 0.25) is 0 Å². The summed E-state index contributed by atoms with van der Waals surface area (Å²) in [6, 6.07) is 10.5. The third-order valence-electron chi connectivity index (χ3n) is 5.10. The van der Waals surface area contributed by atoms with Crippen LogP contribution in [0.1, 0.15) is 43.4 Å². The van der Waals surface area contributed by atoms with Crippen molar-refractivity contribution in [1.82, 2.24) is 25.1 Å². The molecule has 27 heavy (non-hydrogen) atoms. The Labute approximate surface area is 160 Å². The number of rotatable bonds is 6. The smallest absolute Gasteiger partial charge is 0.225 e. The topological polar surface area (TPSA) is 58.9 Å². The minimum Gasteiger partial charge on any atom is -0.341 e. The maximum atomic E-state index is 4.57. The predicted octanol–water partition coefficient (Wildman–Crippen LogP) is 3.50. The number of anilines is 1. The summed E-state index contributed by atoms with van der Waals surface area (Å²) in [5.74, 6) is 0.857. The quantitative estimate of drug-likeness (QED) is 0.727. The van der Waals surface area contributed by atoms with Gasteiger partial charge in [0.05, 0.1) is 5.69 Å². The Bertz CT molecular complexity index is 837. The molecule has 0 radical (unpaired) electrons. The Morgan fingerprint density at radius 1 is 1.04 bits per heavy atom. The lowest BCUT2D eigenvalue weighted by Crippen LogP contribution is -2.31. The Morgan fingerprint density at radius 2 is 1.81 bits per heavy atom. The van der Waals surface area contributed by atoms with Crippen LogP contribution in [0.15, 0.2) is 55.1 Å². The molecule has 1 unspecified atom stereocenters. The molecule has 1 fully saturated rings. The van der Waals surface area contributed by atoms with Crippen LogP contribution in [0.4, 0.5) is 5.95 Å². The largest absolute Gasteiger partial charge is 0.341 e. The van der Waals surface area contributed by atoms with Crippen molar-refractivity contribution in [1.29, 1.82) is 0 Å². The monoisotopic (exact) mass is 362 g/mol. The zero-order valence-corrected chi connectivity index (χ0v) is 15.8. The molecule has 0 aliphatic carbocycles. The number of nitrogens with zero attached hydrogens (tertiary/aromatic N) is 5. The van der Waals surface area contributed by atoms with Crippen LogP contribution in [-0.2, 0) is 6.54 Å². The highest BCUT2D eigenvalue weighted by Crippen LogP contribution is 2.21. The summed E-state index contributed by atoms with van der Waals surface area (Å²) in [4.78, 5) is 11.4. The Hall–Kier alpha value is -2.73. The summed E-state index contributed by atoms with van der Waals surface area (Å²) < 4.78 is 1.91. The van der Waals surface area contributed by atoms with E-state index in [0.717, 1.165) is 36.8 Å². The van der Waals surface area contributed by atoms with Gasteiger partial charge < -0.3 is 10.2 Å². The van der Waals surface area contributed by atoms with E-state index in [0.29, 0.717) is 0 Å². The van der Waals surface area contributed by atoms with Crippen molar-refractivity contribution in [3.63, 3.8) is 0 Å². The second kappa shape index (κ2) is 8.31. The van der Waals surface area contributed by atoms with Crippen molar-refractivity contribution < 1.29 is 0 Å². The van der Waals surface area contributed by atoms with Gasteiger partial charge in [0.15, 0.2) is 0 Å². The Kier molecular flexibility index (Phi) is 5.44. The van der Waals surface area contributed by atoms with Gasteiger partial charge >= 0.3 is 0 Å². The molecule has 3 heterocycles. The average molecular weight is 362 g/mol. The highest BCUT2D eigenvalue weighted by molar-refractivity contribution is 5.42. The van der Waals surface area contributed by atoms with Crippen molar-refractivity contribution in [3.05, 3.63) is 66.2 Å². The van der Waals surface area contributed by atoms with Crippen molar-refractivity contribution in [3.8, 4) is 5.69 Å². The number of benzene rings is 1. The van der Waals surface area contributed by atoms with Crippen molar-refractivity contribution in [2.75, 3.05) is 18.0 Å². The van der Waals surface area contributed by atoms with Gasteiger partial charge in [-0.3, -0.25) is 0 Å². The van der Waals surface area contributed by atoms with Gasteiger partial charge in [-0.1, -0.05) is 18.2 Å². The molecule has 1 saturated heterocycles. The highest BCUT2D eigenvalue weighted by Gasteiger charge is 2.14. The molecule has 1 atom stereocenters. The Balaban J connectivity index is 1.40. The summed E-state index contributed by atoms with van der Waals surface area (Å²) in [5, 5.41) is 7.95. The molecule has 6 heteroatoms.